The topological polar surface area (TPSA) is 112 Å². The molecule has 3 N–H and O–H groups in total. The molecule has 0 unspecified atom stereocenters. The quantitative estimate of drug-likeness (QED) is 0.625. The van der Waals surface area contributed by atoms with Gasteiger partial charge in [0.25, 0.3) is 5.91 Å². The summed E-state index contributed by atoms with van der Waals surface area (Å²) in [4.78, 5) is 30.3. The van der Waals surface area contributed by atoms with Crippen LogP contribution in [0.2, 0.25) is 0 Å². The molecule has 7 heteroatoms. The zero-order valence-corrected chi connectivity index (χ0v) is 12.3. The van der Waals surface area contributed by atoms with Crippen LogP contribution < -0.4 is 5.32 Å². The van der Waals surface area contributed by atoms with Crippen molar-refractivity contribution in [3.05, 3.63) is 17.2 Å². The molecule has 1 heterocycles. The van der Waals surface area contributed by atoms with Crippen LogP contribution in [-0.2, 0) is 11.2 Å². The number of unbranched alkanes of at least 4 members (excludes halogenated alkanes) is 3. The van der Waals surface area contributed by atoms with Crippen LogP contribution in [0.25, 0.3) is 0 Å². The third-order valence-electron chi connectivity index (χ3n) is 2.95. The number of carboxylic acids is 1. The first-order chi connectivity index (χ1) is 9.95. The fourth-order valence-corrected chi connectivity index (χ4v) is 1.92. The van der Waals surface area contributed by atoms with Gasteiger partial charge in [-0.25, -0.2) is 9.97 Å². The molecule has 0 fully saturated rings. The molecule has 0 aliphatic rings. The van der Waals surface area contributed by atoms with E-state index < -0.39 is 18.4 Å². The summed E-state index contributed by atoms with van der Waals surface area (Å²) >= 11 is 0. The number of aromatic nitrogens is 2. The van der Waals surface area contributed by atoms with Gasteiger partial charge >= 0.3 is 5.97 Å². The van der Waals surface area contributed by atoms with Gasteiger partial charge in [0.15, 0.2) is 11.4 Å². The molecule has 7 nitrogen and oxygen atoms in total. The number of aliphatic carboxylic acids is 1. The summed E-state index contributed by atoms with van der Waals surface area (Å²) in [5.74, 6) is -1.76. The fourth-order valence-electron chi connectivity index (χ4n) is 1.92. The molecular formula is C14H21N3O4. The SMILES string of the molecule is CCCCCCc1nc(C)nc(C(=O)NCC(=O)O)c1O. The Kier molecular flexibility index (Phi) is 6.58. The number of nitrogens with zero attached hydrogens (tertiary/aromatic N) is 2. The van der Waals surface area contributed by atoms with Crippen LogP contribution in [0, 0.1) is 6.92 Å². The van der Waals surface area contributed by atoms with Crippen molar-refractivity contribution in [2.45, 2.75) is 46.0 Å². The second kappa shape index (κ2) is 8.18. The van der Waals surface area contributed by atoms with Crippen molar-refractivity contribution >= 4 is 11.9 Å². The Bertz CT molecular complexity index is 517. The highest BCUT2D eigenvalue weighted by Crippen LogP contribution is 2.21. The smallest absolute Gasteiger partial charge is 0.322 e. The summed E-state index contributed by atoms with van der Waals surface area (Å²) in [5, 5.41) is 20.8. The van der Waals surface area contributed by atoms with Crippen molar-refractivity contribution in [3.8, 4) is 5.75 Å². The van der Waals surface area contributed by atoms with Crippen molar-refractivity contribution in [2.75, 3.05) is 6.54 Å². The molecule has 0 aliphatic carbocycles. The lowest BCUT2D eigenvalue weighted by Crippen LogP contribution is -2.30. The van der Waals surface area contributed by atoms with Gasteiger partial charge in [-0.2, -0.15) is 0 Å². The van der Waals surface area contributed by atoms with E-state index in [0.717, 1.165) is 25.7 Å². The summed E-state index contributed by atoms with van der Waals surface area (Å²) in [6.07, 6.45) is 4.68. The van der Waals surface area contributed by atoms with E-state index in [9.17, 15) is 14.7 Å². The molecule has 1 aromatic heterocycles. The molecule has 0 spiro atoms. The predicted octanol–water partition coefficient (Wildman–Crippen LogP) is 1.43. The lowest BCUT2D eigenvalue weighted by atomic mass is 10.1. The maximum atomic E-state index is 11.8. The number of amides is 1. The first-order valence-corrected chi connectivity index (χ1v) is 7.02. The van der Waals surface area contributed by atoms with Gasteiger partial charge in [0.1, 0.15) is 12.4 Å². The summed E-state index contributed by atoms with van der Waals surface area (Å²) in [6, 6.07) is 0. The summed E-state index contributed by atoms with van der Waals surface area (Å²) in [6.45, 7) is 3.22. The average molecular weight is 295 g/mol. The van der Waals surface area contributed by atoms with E-state index in [2.05, 4.69) is 22.2 Å². The van der Waals surface area contributed by atoms with Gasteiger partial charge in [-0.3, -0.25) is 9.59 Å². The lowest BCUT2D eigenvalue weighted by molar-refractivity contribution is -0.135. The first kappa shape index (κ1) is 16.9. The van der Waals surface area contributed by atoms with E-state index in [1.54, 1.807) is 6.92 Å². The Hall–Kier alpha value is -2.18. The number of nitrogens with one attached hydrogen (secondary N) is 1. The number of carbonyl (C=O) groups is 2. The van der Waals surface area contributed by atoms with Crippen molar-refractivity contribution in [1.29, 1.82) is 0 Å². The van der Waals surface area contributed by atoms with Crippen LogP contribution in [0.3, 0.4) is 0 Å². The number of rotatable bonds is 8. The highest BCUT2D eigenvalue weighted by molar-refractivity contribution is 5.96. The molecule has 21 heavy (non-hydrogen) atoms. The molecule has 0 atom stereocenters. The van der Waals surface area contributed by atoms with Crippen molar-refractivity contribution in [1.82, 2.24) is 15.3 Å². The van der Waals surface area contributed by atoms with Crippen molar-refractivity contribution in [2.24, 2.45) is 0 Å². The molecule has 1 aromatic rings. The minimum Gasteiger partial charge on any atom is -0.504 e. The first-order valence-electron chi connectivity index (χ1n) is 7.02. The molecule has 116 valence electrons. The maximum absolute atomic E-state index is 11.8. The Labute approximate surface area is 123 Å². The third kappa shape index (κ3) is 5.37. The largest absolute Gasteiger partial charge is 0.504 e. The van der Waals surface area contributed by atoms with Crippen molar-refractivity contribution < 1.29 is 19.8 Å². The number of aryl methyl sites for hydroxylation is 2. The highest BCUT2D eigenvalue weighted by Gasteiger charge is 2.18. The summed E-state index contributed by atoms with van der Waals surface area (Å²) < 4.78 is 0. The highest BCUT2D eigenvalue weighted by atomic mass is 16.4. The van der Waals surface area contributed by atoms with Crippen LogP contribution in [0.15, 0.2) is 0 Å². The number of carbonyl (C=O) groups excluding carboxylic acids is 1. The van der Waals surface area contributed by atoms with Gasteiger partial charge in [-0.15, -0.1) is 0 Å². The van der Waals surface area contributed by atoms with Crippen LogP contribution in [0.5, 0.6) is 5.75 Å². The molecule has 0 bridgehead atoms. The zero-order chi connectivity index (χ0) is 15.8. The van der Waals surface area contributed by atoms with E-state index in [1.807, 2.05) is 0 Å². The Morgan fingerprint density at radius 2 is 1.90 bits per heavy atom. The van der Waals surface area contributed by atoms with Gasteiger partial charge in [0, 0.05) is 0 Å². The normalized spacial score (nSPS) is 10.4. The van der Waals surface area contributed by atoms with Gasteiger partial charge in [0.2, 0.25) is 0 Å². The van der Waals surface area contributed by atoms with E-state index >= 15 is 0 Å². The van der Waals surface area contributed by atoms with Gasteiger partial charge in [0.05, 0.1) is 5.69 Å². The molecule has 1 amide bonds. The number of carboxylic acid groups (broad SMARTS) is 1. The van der Waals surface area contributed by atoms with Gasteiger partial charge in [-0.1, -0.05) is 26.2 Å². The molecule has 1 rings (SSSR count). The molecule has 0 aromatic carbocycles. The standard InChI is InChI=1S/C14H21N3O4/c1-3-4-5-6-7-10-13(20)12(17-9(2)16-10)14(21)15-8-11(18)19/h20H,3-8H2,1-2H3,(H,15,21)(H,18,19). The van der Waals surface area contributed by atoms with E-state index in [-0.39, 0.29) is 11.4 Å². The van der Waals surface area contributed by atoms with Gasteiger partial charge in [-0.05, 0) is 19.8 Å². The second-order valence-corrected chi connectivity index (χ2v) is 4.80. The molecule has 0 radical (unpaired) electrons. The van der Waals surface area contributed by atoms with Crippen molar-refractivity contribution in [3.63, 3.8) is 0 Å². The fraction of sp³-hybridized carbons (Fsp3) is 0.571. The van der Waals surface area contributed by atoms with Gasteiger partial charge < -0.3 is 15.5 Å². The minimum absolute atomic E-state index is 0.172. The average Bonchev–Trinajstić information content (AvgIpc) is 2.44. The second-order valence-electron chi connectivity index (χ2n) is 4.80. The number of aromatic hydroxyl groups is 1. The zero-order valence-electron chi connectivity index (χ0n) is 12.3. The predicted molar refractivity (Wildman–Crippen MR) is 76.2 cm³/mol. The Balaban J connectivity index is 2.82. The summed E-state index contributed by atoms with van der Waals surface area (Å²) in [7, 11) is 0. The van der Waals surface area contributed by atoms with E-state index in [0.29, 0.717) is 17.9 Å². The summed E-state index contributed by atoms with van der Waals surface area (Å²) in [5.41, 5.74) is 0.258. The monoisotopic (exact) mass is 295 g/mol. The number of hydrogen-bond acceptors (Lipinski definition) is 5. The van der Waals surface area contributed by atoms with E-state index in [1.165, 1.54) is 0 Å². The Morgan fingerprint density at radius 1 is 1.19 bits per heavy atom. The molecular weight excluding hydrogens is 274 g/mol. The van der Waals surface area contributed by atoms with Crippen LogP contribution in [-0.4, -0.2) is 38.6 Å². The van der Waals surface area contributed by atoms with Crippen LogP contribution in [0.4, 0.5) is 0 Å². The third-order valence-corrected chi connectivity index (χ3v) is 2.95. The lowest BCUT2D eigenvalue weighted by Gasteiger charge is -2.09. The molecule has 0 saturated heterocycles. The maximum Gasteiger partial charge on any atom is 0.322 e. The molecule has 0 aliphatic heterocycles. The number of hydrogen-bond donors (Lipinski definition) is 3. The van der Waals surface area contributed by atoms with Crippen LogP contribution in [0.1, 0.15) is 54.6 Å². The Morgan fingerprint density at radius 3 is 2.52 bits per heavy atom. The minimum atomic E-state index is -1.16. The molecule has 0 saturated carbocycles. The van der Waals surface area contributed by atoms with Crippen LogP contribution >= 0.6 is 0 Å². The van der Waals surface area contributed by atoms with E-state index in [4.69, 9.17) is 5.11 Å².